The highest BCUT2D eigenvalue weighted by atomic mass is 16.7. The van der Waals surface area contributed by atoms with Gasteiger partial charge in [0.2, 0.25) is 0 Å². The summed E-state index contributed by atoms with van der Waals surface area (Å²) >= 11 is 0. The standard InChI is InChI=1S/C65H106O12/c1-4-7-10-13-16-19-22-25-27-28-29-30-32-35-38-41-44-47-50-53-59(68)76-63-61(70)60(69)62(64(71)72)77-65(63)74-55-56(75-58(67)52-49-46-43-40-37-33-24-21-18-15-12-9-6-3)54-73-57(66)51-48-45-42-39-36-34-31-26-23-20-17-14-11-8-5-2/h7,9-10,12,16,18-19,21,25,27,29-30,33,37,43,46,56,60-63,65,69-70H,4-6,8,11,13-15,17,20,22-24,26,28,31-32,34-36,38-42,44-45,47-55H2,1-3H3,(H,71,72)/b10-7-,12-9-,19-16-,21-18-,27-25-,30-29-,37-33-,46-43-. The first-order valence-corrected chi connectivity index (χ1v) is 30.2. The predicted molar refractivity (Wildman–Crippen MR) is 312 cm³/mol. The number of esters is 3. The maximum absolute atomic E-state index is 13.1. The summed E-state index contributed by atoms with van der Waals surface area (Å²) < 4.78 is 28.3. The smallest absolute Gasteiger partial charge is 0.335 e. The average Bonchev–Trinajstić information content (AvgIpc) is 3.42. The van der Waals surface area contributed by atoms with Crippen LogP contribution in [-0.4, -0.2) is 89.2 Å². The molecule has 0 aromatic heterocycles. The Hall–Kier alpha value is -4.36. The van der Waals surface area contributed by atoms with Gasteiger partial charge < -0.3 is 39.0 Å². The molecule has 1 fully saturated rings. The molecule has 1 heterocycles. The summed E-state index contributed by atoms with van der Waals surface area (Å²) in [7, 11) is 0. The lowest BCUT2D eigenvalue weighted by Crippen LogP contribution is -2.61. The second-order valence-electron chi connectivity index (χ2n) is 20.2. The number of aliphatic carboxylic acids is 1. The number of hydrogen-bond acceptors (Lipinski definition) is 11. The second kappa shape index (κ2) is 52.3. The van der Waals surface area contributed by atoms with Crippen LogP contribution in [0, 0.1) is 0 Å². The Labute approximate surface area is 466 Å². The van der Waals surface area contributed by atoms with E-state index in [9.17, 15) is 34.5 Å². The van der Waals surface area contributed by atoms with Crippen molar-refractivity contribution in [2.45, 2.75) is 276 Å². The molecule has 1 aliphatic rings. The Balaban J connectivity index is 2.71. The maximum atomic E-state index is 13.1. The molecule has 0 aromatic carbocycles. The Morgan fingerprint density at radius 3 is 1.30 bits per heavy atom. The molecule has 0 aliphatic carbocycles. The molecular formula is C65H106O12. The summed E-state index contributed by atoms with van der Waals surface area (Å²) in [6.07, 6.45) is 56.8. The molecule has 438 valence electrons. The Morgan fingerprint density at radius 2 is 0.844 bits per heavy atom. The number of carboxylic acid groups (broad SMARTS) is 1. The zero-order valence-corrected chi connectivity index (χ0v) is 48.2. The van der Waals surface area contributed by atoms with Gasteiger partial charge in [-0.3, -0.25) is 14.4 Å². The van der Waals surface area contributed by atoms with Gasteiger partial charge in [0.25, 0.3) is 0 Å². The highest BCUT2D eigenvalue weighted by Crippen LogP contribution is 2.26. The molecule has 0 aromatic rings. The molecule has 1 saturated heterocycles. The van der Waals surface area contributed by atoms with Crippen molar-refractivity contribution in [1.29, 1.82) is 0 Å². The van der Waals surface area contributed by atoms with Crippen LogP contribution in [0.15, 0.2) is 97.2 Å². The fourth-order valence-corrected chi connectivity index (χ4v) is 8.61. The van der Waals surface area contributed by atoms with E-state index in [1.165, 1.54) is 70.6 Å². The Morgan fingerprint density at radius 1 is 0.442 bits per heavy atom. The highest BCUT2D eigenvalue weighted by molar-refractivity contribution is 5.74. The van der Waals surface area contributed by atoms with E-state index in [0.29, 0.717) is 25.7 Å². The first-order valence-electron chi connectivity index (χ1n) is 30.2. The molecule has 0 saturated carbocycles. The van der Waals surface area contributed by atoms with Gasteiger partial charge >= 0.3 is 23.9 Å². The van der Waals surface area contributed by atoms with Crippen LogP contribution < -0.4 is 0 Å². The number of unbranched alkanes of at least 4 members (excludes halogenated alkanes) is 20. The van der Waals surface area contributed by atoms with Crippen LogP contribution >= 0.6 is 0 Å². The molecule has 1 aliphatic heterocycles. The lowest BCUT2D eigenvalue weighted by Gasteiger charge is -2.40. The predicted octanol–water partition coefficient (Wildman–Crippen LogP) is 15.7. The number of carbonyl (C=O) groups is 4. The molecule has 12 nitrogen and oxygen atoms in total. The fourth-order valence-electron chi connectivity index (χ4n) is 8.61. The number of carboxylic acids is 1. The van der Waals surface area contributed by atoms with E-state index in [1.54, 1.807) is 0 Å². The van der Waals surface area contributed by atoms with Crippen molar-refractivity contribution in [3.63, 3.8) is 0 Å². The SMILES string of the molecule is CC/C=C\C/C=C\C/C=C\C/C=C\CCCCCCCCC(=O)OC1C(OCC(COC(=O)CCCCCCCCCCCCCCCCC)OC(=O)CC/C=C\C/C=C\C/C=C\C/C=C\CC)OC(C(=O)O)C(O)C1O. The van der Waals surface area contributed by atoms with Gasteiger partial charge in [0.1, 0.15) is 18.8 Å². The molecule has 0 spiro atoms. The molecule has 0 bridgehead atoms. The van der Waals surface area contributed by atoms with Crippen molar-refractivity contribution in [1.82, 2.24) is 0 Å². The van der Waals surface area contributed by atoms with Crippen molar-refractivity contribution in [2.24, 2.45) is 0 Å². The molecule has 77 heavy (non-hydrogen) atoms. The summed E-state index contributed by atoms with van der Waals surface area (Å²) in [6.45, 7) is 5.70. The topological polar surface area (TPSA) is 175 Å². The molecular weight excluding hydrogens is 973 g/mol. The lowest BCUT2D eigenvalue weighted by molar-refractivity contribution is -0.301. The van der Waals surface area contributed by atoms with Gasteiger partial charge in [-0.15, -0.1) is 0 Å². The van der Waals surface area contributed by atoms with E-state index in [1.807, 2.05) is 12.2 Å². The van der Waals surface area contributed by atoms with Crippen LogP contribution in [0.3, 0.4) is 0 Å². The first kappa shape index (κ1) is 70.7. The molecule has 1 rings (SSSR count). The third-order valence-electron chi connectivity index (χ3n) is 13.2. The number of hydrogen-bond donors (Lipinski definition) is 3. The van der Waals surface area contributed by atoms with E-state index >= 15 is 0 Å². The molecule has 0 amide bonds. The quantitative estimate of drug-likeness (QED) is 0.0228. The minimum atomic E-state index is -1.92. The summed E-state index contributed by atoms with van der Waals surface area (Å²) in [6, 6.07) is 0. The number of rotatable bonds is 50. The minimum absolute atomic E-state index is 0.0329. The van der Waals surface area contributed by atoms with Crippen LogP contribution in [0.1, 0.15) is 239 Å². The van der Waals surface area contributed by atoms with Crippen molar-refractivity contribution in [2.75, 3.05) is 13.2 Å². The van der Waals surface area contributed by atoms with Crippen LogP contribution in [0.25, 0.3) is 0 Å². The maximum Gasteiger partial charge on any atom is 0.335 e. The van der Waals surface area contributed by atoms with Gasteiger partial charge in [-0.25, -0.2) is 4.79 Å². The second-order valence-corrected chi connectivity index (χ2v) is 20.2. The molecule has 0 radical (unpaired) electrons. The van der Waals surface area contributed by atoms with Gasteiger partial charge in [0.05, 0.1) is 6.61 Å². The highest BCUT2D eigenvalue weighted by Gasteiger charge is 2.50. The van der Waals surface area contributed by atoms with E-state index < -0.39 is 67.3 Å². The average molecular weight is 1080 g/mol. The summed E-state index contributed by atoms with van der Waals surface area (Å²) in [5.41, 5.74) is 0. The van der Waals surface area contributed by atoms with Crippen molar-refractivity contribution < 1.29 is 58.2 Å². The van der Waals surface area contributed by atoms with Crippen LogP contribution in [0.4, 0.5) is 0 Å². The largest absolute Gasteiger partial charge is 0.479 e. The van der Waals surface area contributed by atoms with Crippen LogP contribution in [-0.2, 0) is 42.9 Å². The fraction of sp³-hybridized carbons (Fsp3) is 0.692. The van der Waals surface area contributed by atoms with Crippen molar-refractivity contribution in [3.05, 3.63) is 97.2 Å². The van der Waals surface area contributed by atoms with Crippen LogP contribution in [0.5, 0.6) is 0 Å². The van der Waals surface area contributed by atoms with E-state index in [-0.39, 0.29) is 25.9 Å². The van der Waals surface area contributed by atoms with Crippen molar-refractivity contribution >= 4 is 23.9 Å². The van der Waals surface area contributed by atoms with Gasteiger partial charge in [-0.2, -0.15) is 0 Å². The van der Waals surface area contributed by atoms with Gasteiger partial charge in [-0.05, 0) is 83.5 Å². The lowest BCUT2D eigenvalue weighted by atomic mass is 9.98. The van der Waals surface area contributed by atoms with Gasteiger partial charge in [-0.1, -0.05) is 234 Å². The number of carbonyl (C=O) groups excluding carboxylic acids is 3. The number of aliphatic hydroxyl groups excluding tert-OH is 2. The monoisotopic (exact) mass is 1080 g/mol. The first-order chi connectivity index (χ1) is 37.6. The number of aliphatic hydroxyl groups is 2. The molecule has 12 heteroatoms. The molecule has 3 N–H and O–H groups in total. The number of allylic oxidation sites excluding steroid dienone is 16. The van der Waals surface area contributed by atoms with Gasteiger partial charge in [0.15, 0.2) is 24.6 Å². The normalized spacial score (nSPS) is 18.7. The molecule has 6 unspecified atom stereocenters. The zero-order valence-electron chi connectivity index (χ0n) is 48.2. The summed E-state index contributed by atoms with van der Waals surface area (Å²) in [4.78, 5) is 51.1. The molecule has 6 atom stereocenters. The Kier molecular flexibility index (Phi) is 48.0. The summed E-state index contributed by atoms with van der Waals surface area (Å²) in [5.74, 6) is -3.25. The van der Waals surface area contributed by atoms with E-state index in [0.717, 1.165) is 103 Å². The number of ether oxygens (including phenoxy) is 5. The van der Waals surface area contributed by atoms with E-state index in [2.05, 4.69) is 106 Å². The van der Waals surface area contributed by atoms with Crippen molar-refractivity contribution in [3.8, 4) is 0 Å². The Bertz CT molecular complexity index is 1710. The zero-order chi connectivity index (χ0) is 56.1. The van der Waals surface area contributed by atoms with E-state index in [4.69, 9.17) is 23.7 Å². The third-order valence-corrected chi connectivity index (χ3v) is 13.2. The van der Waals surface area contributed by atoms with Crippen LogP contribution in [0.2, 0.25) is 0 Å². The van der Waals surface area contributed by atoms with Gasteiger partial charge in [0, 0.05) is 19.3 Å². The minimum Gasteiger partial charge on any atom is -0.479 e. The third kappa shape index (κ3) is 42.3. The summed E-state index contributed by atoms with van der Waals surface area (Å²) in [5, 5.41) is 31.5.